The Morgan fingerprint density at radius 2 is 1.78 bits per heavy atom. The van der Waals surface area contributed by atoms with Crippen molar-refractivity contribution in [1.29, 1.82) is 0 Å². The lowest BCUT2D eigenvalue weighted by molar-refractivity contribution is 0.232. The maximum atomic E-state index is 6.60. The fourth-order valence-corrected chi connectivity index (χ4v) is 2.84. The summed E-state index contributed by atoms with van der Waals surface area (Å²) in [6.45, 7) is 8.41. The molecule has 0 radical (unpaired) electrons. The van der Waals surface area contributed by atoms with E-state index < -0.39 is 0 Å². The third-order valence-corrected chi connectivity index (χ3v) is 4.06. The molecule has 0 heterocycles. The minimum absolute atomic E-state index is 0.178. The molecule has 1 aliphatic rings. The van der Waals surface area contributed by atoms with E-state index in [0.717, 1.165) is 18.6 Å². The van der Waals surface area contributed by atoms with Gasteiger partial charge in [0.05, 0.1) is 6.10 Å². The number of nitrogens with two attached hydrogens (primary N) is 1. The third-order valence-electron chi connectivity index (χ3n) is 4.06. The van der Waals surface area contributed by atoms with E-state index in [1.54, 1.807) is 0 Å². The van der Waals surface area contributed by atoms with Gasteiger partial charge in [-0.2, -0.15) is 0 Å². The average molecular weight is 247 g/mol. The highest BCUT2D eigenvalue weighted by Crippen LogP contribution is 2.42. The normalized spacial score (nSPS) is 18.3. The van der Waals surface area contributed by atoms with Crippen molar-refractivity contribution in [3.8, 4) is 5.75 Å². The first-order valence-electron chi connectivity index (χ1n) is 7.00. The highest BCUT2D eigenvalue weighted by molar-refractivity contribution is 5.49. The van der Waals surface area contributed by atoms with Crippen LogP contribution >= 0.6 is 0 Å². The van der Waals surface area contributed by atoms with Gasteiger partial charge in [-0.25, -0.2) is 0 Å². The number of hydrogen-bond donors (Lipinski definition) is 1. The van der Waals surface area contributed by atoms with Gasteiger partial charge < -0.3 is 10.5 Å². The summed E-state index contributed by atoms with van der Waals surface area (Å²) in [6, 6.07) is 4.34. The van der Waals surface area contributed by atoms with Crippen LogP contribution in [0.3, 0.4) is 0 Å². The molecule has 1 fully saturated rings. The Labute approximate surface area is 111 Å². The van der Waals surface area contributed by atoms with E-state index >= 15 is 0 Å². The van der Waals surface area contributed by atoms with Crippen molar-refractivity contribution in [2.45, 2.75) is 65.0 Å². The van der Waals surface area contributed by atoms with E-state index in [-0.39, 0.29) is 11.6 Å². The van der Waals surface area contributed by atoms with E-state index in [0.29, 0.717) is 0 Å². The molecule has 2 heteroatoms. The summed E-state index contributed by atoms with van der Waals surface area (Å²) in [6.07, 6.45) is 4.79. The summed E-state index contributed by atoms with van der Waals surface area (Å²) in [5.74, 6) is 1.02. The van der Waals surface area contributed by atoms with Crippen molar-refractivity contribution in [2.75, 3.05) is 0 Å². The van der Waals surface area contributed by atoms with Crippen LogP contribution in [0.4, 0.5) is 0 Å². The van der Waals surface area contributed by atoms with Crippen LogP contribution in [0.25, 0.3) is 0 Å². The van der Waals surface area contributed by atoms with Crippen LogP contribution in [0.1, 0.15) is 56.2 Å². The summed E-state index contributed by atoms with van der Waals surface area (Å²) in [4.78, 5) is 0. The van der Waals surface area contributed by atoms with Gasteiger partial charge in [-0.05, 0) is 51.7 Å². The largest absolute Gasteiger partial charge is 0.490 e. The Hall–Kier alpha value is -1.02. The van der Waals surface area contributed by atoms with Gasteiger partial charge in [-0.3, -0.25) is 0 Å². The summed E-state index contributed by atoms with van der Waals surface area (Å²) in [7, 11) is 0. The number of rotatable bonds is 3. The van der Waals surface area contributed by atoms with Crippen molar-refractivity contribution < 1.29 is 4.74 Å². The molecule has 1 aliphatic carbocycles. The van der Waals surface area contributed by atoms with Gasteiger partial charge in [0.2, 0.25) is 0 Å². The fraction of sp³-hybridized carbons (Fsp3) is 0.625. The van der Waals surface area contributed by atoms with Crippen LogP contribution in [-0.2, 0) is 5.54 Å². The SMILES string of the molecule is Cc1ccc(C2(N)CCCC2)c(OC(C)C)c1C. The summed E-state index contributed by atoms with van der Waals surface area (Å²) >= 11 is 0. The smallest absolute Gasteiger partial charge is 0.127 e. The van der Waals surface area contributed by atoms with E-state index in [1.165, 1.54) is 29.5 Å². The average Bonchev–Trinajstić information content (AvgIpc) is 2.72. The van der Waals surface area contributed by atoms with Crippen molar-refractivity contribution in [1.82, 2.24) is 0 Å². The summed E-state index contributed by atoms with van der Waals surface area (Å²) in [5.41, 5.74) is 10.1. The molecule has 1 aromatic carbocycles. The third kappa shape index (κ3) is 2.39. The molecule has 100 valence electrons. The zero-order chi connectivity index (χ0) is 13.3. The van der Waals surface area contributed by atoms with Crippen molar-refractivity contribution >= 4 is 0 Å². The van der Waals surface area contributed by atoms with Crippen molar-refractivity contribution in [2.24, 2.45) is 5.73 Å². The standard InChI is InChI=1S/C16H25NO/c1-11(2)18-15-13(4)12(3)7-8-14(15)16(17)9-5-6-10-16/h7-8,11H,5-6,9-10,17H2,1-4H3. The Kier molecular flexibility index (Phi) is 3.67. The topological polar surface area (TPSA) is 35.2 Å². The van der Waals surface area contributed by atoms with Crippen molar-refractivity contribution in [3.05, 3.63) is 28.8 Å². The van der Waals surface area contributed by atoms with Crippen LogP contribution in [-0.4, -0.2) is 6.10 Å². The van der Waals surface area contributed by atoms with Crippen LogP contribution in [0.15, 0.2) is 12.1 Å². The molecule has 0 bridgehead atoms. The maximum absolute atomic E-state index is 6.60. The molecule has 0 aliphatic heterocycles. The molecule has 1 saturated carbocycles. The molecule has 2 N–H and O–H groups in total. The van der Waals surface area contributed by atoms with Gasteiger partial charge in [0.15, 0.2) is 0 Å². The van der Waals surface area contributed by atoms with Crippen LogP contribution in [0.5, 0.6) is 5.75 Å². The van der Waals surface area contributed by atoms with Gasteiger partial charge in [0.1, 0.15) is 5.75 Å². The molecule has 2 nitrogen and oxygen atoms in total. The number of hydrogen-bond acceptors (Lipinski definition) is 2. The first-order chi connectivity index (χ1) is 8.44. The molecule has 0 unspecified atom stereocenters. The highest BCUT2D eigenvalue weighted by Gasteiger charge is 2.34. The quantitative estimate of drug-likeness (QED) is 0.881. The van der Waals surface area contributed by atoms with Crippen LogP contribution in [0.2, 0.25) is 0 Å². The number of ether oxygens (including phenoxy) is 1. The van der Waals surface area contributed by atoms with Gasteiger partial charge in [0.25, 0.3) is 0 Å². The van der Waals surface area contributed by atoms with E-state index in [1.807, 2.05) is 0 Å². The van der Waals surface area contributed by atoms with Crippen molar-refractivity contribution in [3.63, 3.8) is 0 Å². The fourth-order valence-electron chi connectivity index (χ4n) is 2.84. The molecule has 0 aromatic heterocycles. The number of aryl methyl sites for hydroxylation is 1. The van der Waals surface area contributed by atoms with E-state index in [9.17, 15) is 0 Å². The molecule has 0 saturated heterocycles. The maximum Gasteiger partial charge on any atom is 0.127 e. The van der Waals surface area contributed by atoms with Gasteiger partial charge in [-0.15, -0.1) is 0 Å². The predicted octanol–water partition coefficient (Wildman–Crippen LogP) is 3.82. The van der Waals surface area contributed by atoms with E-state index in [4.69, 9.17) is 10.5 Å². The lowest BCUT2D eigenvalue weighted by atomic mass is 9.86. The highest BCUT2D eigenvalue weighted by atomic mass is 16.5. The second-order valence-electron chi connectivity index (χ2n) is 5.91. The van der Waals surface area contributed by atoms with Crippen LogP contribution < -0.4 is 10.5 Å². The van der Waals surface area contributed by atoms with Crippen LogP contribution in [0, 0.1) is 13.8 Å². The van der Waals surface area contributed by atoms with Gasteiger partial charge >= 0.3 is 0 Å². The Balaban J connectivity index is 2.49. The Bertz CT molecular complexity index is 431. The molecule has 0 atom stereocenters. The minimum Gasteiger partial charge on any atom is -0.490 e. The lowest BCUT2D eigenvalue weighted by Crippen LogP contribution is -2.34. The first kappa shape index (κ1) is 13.4. The Morgan fingerprint density at radius 3 is 2.33 bits per heavy atom. The summed E-state index contributed by atoms with van der Waals surface area (Å²) in [5, 5.41) is 0. The zero-order valence-electron chi connectivity index (χ0n) is 12.0. The molecule has 2 rings (SSSR count). The monoisotopic (exact) mass is 247 g/mol. The Morgan fingerprint density at radius 1 is 1.17 bits per heavy atom. The molecular weight excluding hydrogens is 222 g/mol. The molecule has 1 aromatic rings. The minimum atomic E-state index is -0.178. The number of benzene rings is 1. The zero-order valence-corrected chi connectivity index (χ0v) is 12.0. The van der Waals surface area contributed by atoms with Gasteiger partial charge in [0, 0.05) is 11.1 Å². The predicted molar refractivity (Wildman–Crippen MR) is 76.0 cm³/mol. The molecule has 18 heavy (non-hydrogen) atoms. The molecule has 0 spiro atoms. The van der Waals surface area contributed by atoms with E-state index in [2.05, 4.69) is 39.8 Å². The molecular formula is C16H25NO. The second-order valence-corrected chi connectivity index (χ2v) is 5.91. The summed E-state index contributed by atoms with van der Waals surface area (Å²) < 4.78 is 6.05. The second kappa shape index (κ2) is 4.93. The lowest BCUT2D eigenvalue weighted by Gasteiger charge is -2.29. The molecule has 0 amide bonds. The van der Waals surface area contributed by atoms with Gasteiger partial charge in [-0.1, -0.05) is 25.0 Å². The first-order valence-corrected chi connectivity index (χ1v) is 7.00.